The minimum Gasteiger partial charge on any atom is -0.336 e. The Bertz CT molecular complexity index is 652. The lowest BCUT2D eigenvalue weighted by Crippen LogP contribution is -2.52. The highest BCUT2D eigenvalue weighted by atomic mass is 16.2. The molecule has 0 aromatic carbocycles. The summed E-state index contributed by atoms with van der Waals surface area (Å²) in [7, 11) is 0. The lowest BCUT2D eigenvalue weighted by atomic mass is 10.1. The summed E-state index contributed by atoms with van der Waals surface area (Å²) in [5.41, 5.74) is 1.25. The molecule has 2 fully saturated rings. The predicted octanol–water partition coefficient (Wildman–Crippen LogP) is 0.649. The fourth-order valence-electron chi connectivity index (χ4n) is 3.32. The van der Waals surface area contributed by atoms with E-state index in [0.717, 1.165) is 19.6 Å². The molecule has 2 aromatic heterocycles. The van der Waals surface area contributed by atoms with Crippen LogP contribution in [-0.4, -0.2) is 62.5 Å². The molecule has 104 valence electrons. The van der Waals surface area contributed by atoms with E-state index in [9.17, 15) is 4.79 Å². The summed E-state index contributed by atoms with van der Waals surface area (Å²) in [4.78, 5) is 21.4. The van der Waals surface area contributed by atoms with Crippen molar-refractivity contribution < 1.29 is 4.79 Å². The van der Waals surface area contributed by atoms with Crippen LogP contribution in [0, 0.1) is 0 Å². The number of piperazine rings is 1. The quantitative estimate of drug-likeness (QED) is 0.764. The number of carbonyl (C=O) groups excluding carboxylic acids is 1. The number of fused-ring (bicyclic) bond motifs is 2. The number of carbonyl (C=O) groups is 1. The average molecular weight is 271 g/mol. The van der Waals surface area contributed by atoms with Gasteiger partial charge in [-0.25, -0.2) is 9.50 Å². The summed E-state index contributed by atoms with van der Waals surface area (Å²) in [5.74, 6) is 0.0604. The Morgan fingerprint density at radius 3 is 3.20 bits per heavy atom. The zero-order valence-electron chi connectivity index (χ0n) is 11.3. The van der Waals surface area contributed by atoms with Gasteiger partial charge in [-0.1, -0.05) is 0 Å². The van der Waals surface area contributed by atoms with Crippen LogP contribution in [0.3, 0.4) is 0 Å². The van der Waals surface area contributed by atoms with E-state index in [1.807, 2.05) is 17.2 Å². The van der Waals surface area contributed by atoms with Crippen molar-refractivity contribution in [1.29, 1.82) is 0 Å². The Morgan fingerprint density at radius 1 is 1.30 bits per heavy atom. The average Bonchev–Trinajstić information content (AvgIpc) is 3.12. The molecule has 1 amide bonds. The molecule has 0 aliphatic carbocycles. The van der Waals surface area contributed by atoms with Gasteiger partial charge < -0.3 is 4.90 Å². The van der Waals surface area contributed by atoms with E-state index in [1.165, 1.54) is 19.4 Å². The van der Waals surface area contributed by atoms with Gasteiger partial charge in [-0.15, -0.1) is 0 Å². The van der Waals surface area contributed by atoms with Crippen LogP contribution in [0.4, 0.5) is 0 Å². The maximum Gasteiger partial charge on any atom is 0.259 e. The van der Waals surface area contributed by atoms with Gasteiger partial charge in [0, 0.05) is 38.1 Å². The van der Waals surface area contributed by atoms with Crippen molar-refractivity contribution in [3.05, 3.63) is 30.2 Å². The minimum atomic E-state index is 0.0604. The third-order valence-electron chi connectivity index (χ3n) is 4.38. The summed E-state index contributed by atoms with van der Waals surface area (Å²) in [6, 6.07) is 2.36. The Kier molecular flexibility index (Phi) is 2.70. The van der Waals surface area contributed by atoms with Crippen molar-refractivity contribution in [2.75, 3.05) is 26.2 Å². The monoisotopic (exact) mass is 271 g/mol. The highest BCUT2D eigenvalue weighted by Crippen LogP contribution is 2.23. The second-order valence-electron chi connectivity index (χ2n) is 5.53. The number of aromatic nitrogens is 3. The number of hydrogen-bond donors (Lipinski definition) is 0. The lowest BCUT2D eigenvalue weighted by Gasteiger charge is -2.37. The lowest BCUT2D eigenvalue weighted by molar-refractivity contribution is 0.0573. The number of nitrogens with zero attached hydrogens (tertiary/aromatic N) is 5. The van der Waals surface area contributed by atoms with Crippen molar-refractivity contribution in [1.82, 2.24) is 24.4 Å². The third kappa shape index (κ3) is 1.79. The molecule has 0 spiro atoms. The van der Waals surface area contributed by atoms with E-state index in [-0.39, 0.29) is 5.91 Å². The molecule has 0 saturated carbocycles. The summed E-state index contributed by atoms with van der Waals surface area (Å²) in [6.45, 7) is 3.82. The summed E-state index contributed by atoms with van der Waals surface area (Å²) in [6.07, 6.45) is 7.60. The molecular formula is C14H17N5O. The summed E-state index contributed by atoms with van der Waals surface area (Å²) < 4.78 is 1.65. The van der Waals surface area contributed by atoms with Crippen molar-refractivity contribution in [2.24, 2.45) is 0 Å². The molecule has 1 unspecified atom stereocenters. The molecule has 0 radical (unpaired) electrons. The number of hydrogen-bond acceptors (Lipinski definition) is 4. The predicted molar refractivity (Wildman–Crippen MR) is 73.5 cm³/mol. The van der Waals surface area contributed by atoms with Crippen LogP contribution in [0.2, 0.25) is 0 Å². The van der Waals surface area contributed by atoms with Crippen LogP contribution in [0.1, 0.15) is 23.2 Å². The van der Waals surface area contributed by atoms with Gasteiger partial charge in [0.05, 0.1) is 6.20 Å². The SMILES string of the molecule is O=C(c1cnn2cccnc12)N1CCN2CCCC2C1. The normalized spacial score (nSPS) is 23.2. The summed E-state index contributed by atoms with van der Waals surface area (Å²) in [5, 5.41) is 4.20. The van der Waals surface area contributed by atoms with Gasteiger partial charge in [0.25, 0.3) is 5.91 Å². The highest BCUT2D eigenvalue weighted by molar-refractivity contribution is 5.99. The molecule has 2 aliphatic heterocycles. The second kappa shape index (κ2) is 4.56. The van der Waals surface area contributed by atoms with Gasteiger partial charge in [0.1, 0.15) is 5.56 Å². The summed E-state index contributed by atoms with van der Waals surface area (Å²) >= 11 is 0. The van der Waals surface area contributed by atoms with Gasteiger partial charge in [-0.2, -0.15) is 5.10 Å². The second-order valence-corrected chi connectivity index (χ2v) is 5.53. The molecule has 0 bridgehead atoms. The van der Waals surface area contributed by atoms with E-state index in [1.54, 1.807) is 16.9 Å². The van der Waals surface area contributed by atoms with Crippen LogP contribution < -0.4 is 0 Å². The number of rotatable bonds is 1. The Labute approximate surface area is 117 Å². The van der Waals surface area contributed by atoms with Crippen LogP contribution in [0.15, 0.2) is 24.7 Å². The largest absolute Gasteiger partial charge is 0.336 e. The first-order valence-corrected chi connectivity index (χ1v) is 7.14. The fourth-order valence-corrected chi connectivity index (χ4v) is 3.32. The van der Waals surface area contributed by atoms with Crippen molar-refractivity contribution in [2.45, 2.75) is 18.9 Å². The molecule has 1 atom stereocenters. The topological polar surface area (TPSA) is 53.7 Å². The van der Waals surface area contributed by atoms with Crippen molar-refractivity contribution in [3.8, 4) is 0 Å². The molecule has 2 aliphatic rings. The van der Waals surface area contributed by atoms with E-state index >= 15 is 0 Å². The molecule has 0 N–H and O–H groups in total. The van der Waals surface area contributed by atoms with E-state index < -0.39 is 0 Å². The highest BCUT2D eigenvalue weighted by Gasteiger charge is 2.33. The molecule has 2 aromatic rings. The van der Waals surface area contributed by atoms with Crippen LogP contribution in [-0.2, 0) is 0 Å². The first kappa shape index (κ1) is 11.8. The molecule has 4 heterocycles. The van der Waals surface area contributed by atoms with Crippen LogP contribution >= 0.6 is 0 Å². The van der Waals surface area contributed by atoms with Gasteiger partial charge in [0.15, 0.2) is 5.65 Å². The van der Waals surface area contributed by atoms with Crippen molar-refractivity contribution >= 4 is 11.6 Å². The maximum atomic E-state index is 12.7. The number of amides is 1. The molecule has 2 saturated heterocycles. The zero-order valence-corrected chi connectivity index (χ0v) is 11.3. The Balaban J connectivity index is 1.61. The molecule has 6 heteroatoms. The van der Waals surface area contributed by atoms with E-state index in [4.69, 9.17) is 0 Å². The minimum absolute atomic E-state index is 0.0604. The van der Waals surface area contributed by atoms with Crippen LogP contribution in [0.25, 0.3) is 5.65 Å². The molecule has 4 rings (SSSR count). The first-order chi connectivity index (χ1) is 9.83. The van der Waals surface area contributed by atoms with Gasteiger partial charge >= 0.3 is 0 Å². The molecule has 20 heavy (non-hydrogen) atoms. The standard InChI is InChI=1S/C14H17N5O/c20-14(12-9-16-19-6-2-4-15-13(12)19)18-8-7-17-5-1-3-11(17)10-18/h2,4,6,9,11H,1,3,5,7-8,10H2. The fraction of sp³-hybridized carbons (Fsp3) is 0.500. The third-order valence-corrected chi connectivity index (χ3v) is 4.38. The van der Waals surface area contributed by atoms with Gasteiger partial charge in [0.2, 0.25) is 0 Å². The molecule has 6 nitrogen and oxygen atoms in total. The Hall–Kier alpha value is -1.95. The Morgan fingerprint density at radius 2 is 2.25 bits per heavy atom. The van der Waals surface area contributed by atoms with E-state index in [2.05, 4.69) is 15.0 Å². The van der Waals surface area contributed by atoms with Gasteiger partial charge in [-0.05, 0) is 25.5 Å². The molecular weight excluding hydrogens is 254 g/mol. The first-order valence-electron chi connectivity index (χ1n) is 7.14. The van der Waals surface area contributed by atoms with E-state index in [0.29, 0.717) is 17.3 Å². The smallest absolute Gasteiger partial charge is 0.259 e. The van der Waals surface area contributed by atoms with Crippen LogP contribution in [0.5, 0.6) is 0 Å². The van der Waals surface area contributed by atoms with Gasteiger partial charge in [-0.3, -0.25) is 9.69 Å². The zero-order chi connectivity index (χ0) is 13.5. The maximum absolute atomic E-state index is 12.7. The van der Waals surface area contributed by atoms with Crippen molar-refractivity contribution in [3.63, 3.8) is 0 Å².